The quantitative estimate of drug-likeness (QED) is 0.414. The van der Waals surface area contributed by atoms with Gasteiger partial charge in [0.1, 0.15) is 10.6 Å². The van der Waals surface area contributed by atoms with Gasteiger partial charge in [-0.1, -0.05) is 11.6 Å². The van der Waals surface area contributed by atoms with Gasteiger partial charge < -0.3 is 15.5 Å². The Morgan fingerprint density at radius 3 is 2.69 bits per heavy atom. The molecule has 6 nitrogen and oxygen atoms in total. The Morgan fingerprint density at radius 1 is 1.19 bits per heavy atom. The van der Waals surface area contributed by atoms with Crippen molar-refractivity contribution in [2.75, 3.05) is 47.6 Å². The number of halogens is 4. The summed E-state index contributed by atoms with van der Waals surface area (Å²) in [5.74, 6) is 1.84. The summed E-state index contributed by atoms with van der Waals surface area (Å²) in [6.07, 6.45) is -1.49. The number of benzene rings is 1. The van der Waals surface area contributed by atoms with Crippen LogP contribution >= 0.6 is 34.7 Å². The summed E-state index contributed by atoms with van der Waals surface area (Å²) in [4.78, 5) is 11.2. The van der Waals surface area contributed by atoms with Gasteiger partial charge in [0.15, 0.2) is 0 Å². The van der Waals surface area contributed by atoms with E-state index in [-0.39, 0.29) is 11.6 Å². The lowest BCUT2D eigenvalue weighted by atomic mass is 10.0. The van der Waals surface area contributed by atoms with Crippen molar-refractivity contribution < 1.29 is 17.4 Å². The van der Waals surface area contributed by atoms with Crippen molar-refractivity contribution in [3.8, 4) is 10.6 Å². The van der Waals surface area contributed by atoms with Crippen molar-refractivity contribution in [3.63, 3.8) is 0 Å². The molecule has 1 atom stereocenters. The summed E-state index contributed by atoms with van der Waals surface area (Å²) in [6, 6.07) is 5.31. The first-order valence-corrected chi connectivity index (χ1v) is 15.1. The number of aromatic nitrogens is 2. The van der Waals surface area contributed by atoms with Crippen molar-refractivity contribution in [1.82, 2.24) is 15.3 Å². The van der Waals surface area contributed by atoms with E-state index in [9.17, 15) is 17.4 Å². The molecule has 3 aromatic rings. The van der Waals surface area contributed by atoms with Crippen LogP contribution in [-0.4, -0.2) is 51.6 Å². The van der Waals surface area contributed by atoms with E-state index in [1.807, 2.05) is 23.9 Å². The van der Waals surface area contributed by atoms with Crippen LogP contribution in [0.4, 0.5) is 29.8 Å². The smallest absolute Gasteiger partial charge is 0.361 e. The molecule has 0 saturated carbocycles. The number of rotatable bonds is 5. The first kappa shape index (κ1) is 25.8. The van der Waals surface area contributed by atoms with Crippen molar-refractivity contribution >= 4 is 62.1 Å². The molecule has 2 aliphatic heterocycles. The van der Waals surface area contributed by atoms with Gasteiger partial charge in [0, 0.05) is 43.6 Å². The highest BCUT2D eigenvalue weighted by molar-refractivity contribution is 7.99. The van der Waals surface area contributed by atoms with Crippen LogP contribution in [0.2, 0.25) is 5.02 Å². The lowest BCUT2D eigenvalue weighted by Crippen LogP contribution is -2.32. The summed E-state index contributed by atoms with van der Waals surface area (Å²) < 4.78 is 54.4. The molecule has 0 amide bonds. The van der Waals surface area contributed by atoms with Crippen LogP contribution in [0, 0.1) is 0 Å². The Kier molecular flexibility index (Phi) is 7.51. The van der Waals surface area contributed by atoms with Gasteiger partial charge in [-0.3, -0.25) is 4.21 Å². The standard InChI is InChI=1S/C23H23ClF3N5OS3/c1-36(33)19-10-18(35-21(19)32-4-6-34-7-5-32)20-15(23(25,26)27)12-29-22(31-20)30-17-9-13-2-3-28-11-14(13)8-16(17)24/h8-10,12,28H,2-7,11H2,1H3,(H,29,30,31). The zero-order valence-electron chi connectivity index (χ0n) is 19.2. The highest BCUT2D eigenvalue weighted by Gasteiger charge is 2.36. The minimum atomic E-state index is -4.65. The summed E-state index contributed by atoms with van der Waals surface area (Å²) in [6.45, 7) is 3.06. The maximum atomic E-state index is 14.0. The molecule has 2 N–H and O–H groups in total. The molecule has 4 heterocycles. The van der Waals surface area contributed by atoms with Gasteiger partial charge in [-0.15, -0.1) is 11.3 Å². The SMILES string of the molecule is CS(=O)c1cc(-c2nc(Nc3cc4c(cc3Cl)CNCC4)ncc2C(F)(F)F)sc1N1CCSCC1. The molecule has 5 rings (SSSR count). The summed E-state index contributed by atoms with van der Waals surface area (Å²) in [5, 5.41) is 7.47. The predicted octanol–water partition coefficient (Wildman–Crippen LogP) is 5.56. The second-order valence-corrected chi connectivity index (χ2v) is 12.5. The zero-order valence-corrected chi connectivity index (χ0v) is 22.5. The Hall–Kier alpha value is -1.86. The van der Waals surface area contributed by atoms with Crippen LogP contribution in [0.1, 0.15) is 16.7 Å². The second-order valence-electron chi connectivity index (χ2n) is 8.44. The van der Waals surface area contributed by atoms with Gasteiger partial charge in [-0.25, -0.2) is 9.97 Å². The third-order valence-corrected chi connectivity index (χ3v) is 9.56. The van der Waals surface area contributed by atoms with Crippen molar-refractivity contribution in [1.29, 1.82) is 0 Å². The molecule has 2 aromatic heterocycles. The number of nitrogens with one attached hydrogen (secondary N) is 2. The van der Waals surface area contributed by atoms with Crippen LogP contribution in [0.5, 0.6) is 0 Å². The van der Waals surface area contributed by atoms with Crippen molar-refractivity contribution in [2.24, 2.45) is 0 Å². The Balaban J connectivity index is 1.56. The average Bonchev–Trinajstić information content (AvgIpc) is 3.30. The predicted molar refractivity (Wildman–Crippen MR) is 142 cm³/mol. The number of hydrogen-bond donors (Lipinski definition) is 2. The average molecular weight is 574 g/mol. The van der Waals surface area contributed by atoms with Crippen molar-refractivity contribution in [2.45, 2.75) is 24.0 Å². The van der Waals surface area contributed by atoms with Crippen LogP contribution < -0.4 is 15.5 Å². The number of nitrogens with zero attached hydrogens (tertiary/aromatic N) is 3. The normalized spacial score (nSPS) is 17.1. The molecule has 1 fully saturated rings. The fourth-order valence-electron chi connectivity index (χ4n) is 4.23. The molecule has 36 heavy (non-hydrogen) atoms. The van der Waals surface area contributed by atoms with Crippen LogP contribution in [0.3, 0.4) is 0 Å². The molecule has 0 aliphatic carbocycles. The Labute approximate surface area is 222 Å². The van der Waals surface area contributed by atoms with Gasteiger partial charge in [0.2, 0.25) is 5.95 Å². The number of fused-ring (bicyclic) bond motifs is 1. The van der Waals surface area contributed by atoms with Crippen LogP contribution in [0.25, 0.3) is 10.6 Å². The lowest BCUT2D eigenvalue weighted by molar-refractivity contribution is -0.137. The maximum absolute atomic E-state index is 14.0. The first-order valence-electron chi connectivity index (χ1n) is 11.2. The van der Waals surface area contributed by atoms with Crippen LogP contribution in [-0.2, 0) is 29.9 Å². The molecule has 0 radical (unpaired) electrons. The largest absolute Gasteiger partial charge is 0.420 e. The molecular formula is C23H23ClF3N5OS3. The maximum Gasteiger partial charge on any atom is 0.420 e. The summed E-state index contributed by atoms with van der Waals surface area (Å²) in [7, 11) is -1.37. The molecule has 1 unspecified atom stereocenters. The highest BCUT2D eigenvalue weighted by atomic mass is 35.5. The second kappa shape index (κ2) is 10.5. The van der Waals surface area contributed by atoms with Crippen molar-refractivity contribution in [3.05, 3.63) is 46.1 Å². The molecule has 13 heteroatoms. The molecule has 192 valence electrons. The van der Waals surface area contributed by atoms with E-state index in [1.54, 1.807) is 12.3 Å². The number of anilines is 3. The molecule has 0 spiro atoms. The third kappa shape index (κ3) is 5.38. The third-order valence-electron chi connectivity index (χ3n) is 6.04. The van der Waals surface area contributed by atoms with E-state index in [1.165, 1.54) is 11.3 Å². The van der Waals surface area contributed by atoms with E-state index in [0.717, 1.165) is 59.9 Å². The zero-order chi connectivity index (χ0) is 25.4. The van der Waals surface area contributed by atoms with Crippen LogP contribution in [0.15, 0.2) is 29.3 Å². The topological polar surface area (TPSA) is 70.1 Å². The van der Waals surface area contributed by atoms with E-state index in [4.69, 9.17) is 11.6 Å². The van der Waals surface area contributed by atoms with E-state index in [2.05, 4.69) is 25.5 Å². The Morgan fingerprint density at radius 2 is 1.97 bits per heavy atom. The first-order chi connectivity index (χ1) is 17.2. The van der Waals surface area contributed by atoms with E-state index < -0.39 is 22.5 Å². The minimum Gasteiger partial charge on any atom is -0.361 e. The van der Waals surface area contributed by atoms with Gasteiger partial charge in [0.05, 0.1) is 37.0 Å². The fraction of sp³-hybridized carbons (Fsp3) is 0.391. The molecular weight excluding hydrogens is 551 g/mol. The summed E-state index contributed by atoms with van der Waals surface area (Å²) in [5.41, 5.74) is 1.56. The van der Waals surface area contributed by atoms with E-state index >= 15 is 0 Å². The number of thiophene rings is 1. The van der Waals surface area contributed by atoms with E-state index in [0.29, 0.717) is 27.0 Å². The van der Waals surface area contributed by atoms with Gasteiger partial charge in [-0.05, 0) is 42.3 Å². The molecule has 1 aromatic carbocycles. The van der Waals surface area contributed by atoms with Gasteiger partial charge in [0.25, 0.3) is 0 Å². The highest BCUT2D eigenvalue weighted by Crippen LogP contribution is 2.44. The number of hydrogen-bond acceptors (Lipinski definition) is 8. The number of alkyl halides is 3. The minimum absolute atomic E-state index is 0.0114. The fourth-order valence-corrected chi connectivity index (χ4v) is 7.69. The molecule has 2 aliphatic rings. The van der Waals surface area contributed by atoms with Gasteiger partial charge in [-0.2, -0.15) is 24.9 Å². The summed E-state index contributed by atoms with van der Waals surface area (Å²) >= 11 is 9.46. The lowest BCUT2D eigenvalue weighted by Gasteiger charge is -2.27. The number of thioether (sulfide) groups is 1. The molecule has 1 saturated heterocycles. The Bertz CT molecular complexity index is 1310. The monoisotopic (exact) mass is 573 g/mol. The van der Waals surface area contributed by atoms with Gasteiger partial charge >= 0.3 is 6.18 Å². The molecule has 0 bridgehead atoms.